The molecule has 0 N–H and O–H groups in total. The van der Waals surface area contributed by atoms with Crippen molar-refractivity contribution in [2.45, 2.75) is 12.8 Å². The summed E-state index contributed by atoms with van der Waals surface area (Å²) in [7, 11) is 2.58. The highest BCUT2D eigenvalue weighted by Crippen LogP contribution is 2.36. The summed E-state index contributed by atoms with van der Waals surface area (Å²) in [5.74, 6) is -0.535. The minimum absolute atomic E-state index is 0.204. The van der Waals surface area contributed by atoms with Gasteiger partial charge in [-0.15, -0.1) is 0 Å². The van der Waals surface area contributed by atoms with Crippen LogP contribution in [-0.4, -0.2) is 26.2 Å². The molecule has 0 unspecified atom stereocenters. The summed E-state index contributed by atoms with van der Waals surface area (Å²) in [6, 6.07) is 9.55. The van der Waals surface area contributed by atoms with Crippen LogP contribution in [0.2, 0.25) is 0 Å². The van der Waals surface area contributed by atoms with E-state index in [-0.39, 0.29) is 11.1 Å². The number of hydrogen-bond acceptors (Lipinski definition) is 5. The molecule has 5 heteroatoms. The molecule has 1 aliphatic carbocycles. The average molecular weight is 338 g/mol. The third kappa shape index (κ3) is 3.26. The van der Waals surface area contributed by atoms with Crippen LogP contribution < -0.4 is 0 Å². The van der Waals surface area contributed by atoms with E-state index < -0.39 is 11.9 Å². The Kier molecular flexibility index (Phi) is 4.84. The van der Waals surface area contributed by atoms with Crippen molar-refractivity contribution >= 4 is 17.7 Å². The summed E-state index contributed by atoms with van der Waals surface area (Å²) in [6.07, 6.45) is 6.36. The van der Waals surface area contributed by atoms with E-state index in [1.54, 1.807) is 18.4 Å². The van der Waals surface area contributed by atoms with Gasteiger partial charge in [0.2, 0.25) is 0 Å². The van der Waals surface area contributed by atoms with Gasteiger partial charge in [0.15, 0.2) is 0 Å². The number of carbonyl (C=O) groups excluding carboxylic acids is 2. The lowest BCUT2D eigenvalue weighted by Gasteiger charge is -2.19. The van der Waals surface area contributed by atoms with Crippen LogP contribution in [0, 0.1) is 0 Å². The van der Waals surface area contributed by atoms with E-state index in [1.807, 2.05) is 30.3 Å². The zero-order chi connectivity index (χ0) is 17.8. The topological polar surface area (TPSA) is 61.8 Å². The second kappa shape index (κ2) is 7.21. The van der Waals surface area contributed by atoms with Crippen molar-refractivity contribution in [1.29, 1.82) is 0 Å². The van der Waals surface area contributed by atoms with Gasteiger partial charge in [0.1, 0.15) is 5.76 Å². The van der Waals surface area contributed by atoms with Crippen molar-refractivity contribution in [3.63, 3.8) is 0 Å². The van der Waals surface area contributed by atoms with Crippen molar-refractivity contribution in [3.05, 3.63) is 76.6 Å². The fourth-order valence-corrected chi connectivity index (χ4v) is 2.87. The molecule has 0 bridgehead atoms. The quantitative estimate of drug-likeness (QED) is 0.791. The molecule has 0 saturated heterocycles. The Labute approximate surface area is 145 Å². The van der Waals surface area contributed by atoms with Crippen LogP contribution in [0.5, 0.6) is 0 Å². The molecule has 0 aromatic heterocycles. The van der Waals surface area contributed by atoms with Gasteiger partial charge in [-0.05, 0) is 30.1 Å². The Morgan fingerprint density at radius 2 is 1.76 bits per heavy atom. The fourth-order valence-electron chi connectivity index (χ4n) is 2.87. The molecule has 1 aliphatic heterocycles. The molecule has 0 spiro atoms. The third-order valence-corrected chi connectivity index (χ3v) is 4.10. The Bertz CT molecular complexity index is 825. The lowest BCUT2D eigenvalue weighted by atomic mass is 9.93. The fraction of sp³-hybridized carbons (Fsp3) is 0.200. The molecule has 1 aromatic carbocycles. The van der Waals surface area contributed by atoms with Crippen LogP contribution in [0.3, 0.4) is 0 Å². The first-order chi connectivity index (χ1) is 12.2. The number of ether oxygens (including phenoxy) is 3. The Hall–Kier alpha value is -3.08. The van der Waals surface area contributed by atoms with Crippen molar-refractivity contribution in [2.75, 3.05) is 14.2 Å². The highest BCUT2D eigenvalue weighted by Gasteiger charge is 2.30. The van der Waals surface area contributed by atoms with E-state index in [2.05, 4.69) is 0 Å². The molecule has 1 aromatic rings. The van der Waals surface area contributed by atoms with Crippen LogP contribution in [-0.2, 0) is 23.8 Å². The average Bonchev–Trinajstić information content (AvgIpc) is 2.86. The maximum Gasteiger partial charge on any atom is 0.339 e. The van der Waals surface area contributed by atoms with Crippen LogP contribution in [0.25, 0.3) is 5.76 Å². The van der Waals surface area contributed by atoms with Gasteiger partial charge in [-0.25, -0.2) is 9.59 Å². The molecule has 3 rings (SSSR count). The predicted molar refractivity (Wildman–Crippen MR) is 92.0 cm³/mol. The largest absolute Gasteiger partial charge is 0.465 e. The maximum atomic E-state index is 12.4. The summed E-state index contributed by atoms with van der Waals surface area (Å²) in [5.41, 5.74) is 2.77. The molecule has 2 aliphatic rings. The third-order valence-electron chi connectivity index (χ3n) is 4.10. The standard InChI is InChI=1S/C20H18O5/c1-23-19(21)15-10-6-9-14-12-25-17(13-7-4-3-5-8-13)11-16(14)18(15)20(22)24-2/h3-5,7-8,10-12H,6,9H2,1-2H3. The monoisotopic (exact) mass is 338 g/mol. The Morgan fingerprint density at radius 3 is 2.44 bits per heavy atom. The molecule has 1 heterocycles. The van der Waals surface area contributed by atoms with Crippen molar-refractivity contribution in [2.24, 2.45) is 0 Å². The minimum Gasteiger partial charge on any atom is -0.465 e. The van der Waals surface area contributed by atoms with Gasteiger partial charge in [-0.3, -0.25) is 0 Å². The first-order valence-corrected chi connectivity index (χ1v) is 7.90. The first kappa shape index (κ1) is 16.8. The zero-order valence-corrected chi connectivity index (χ0v) is 14.1. The molecule has 5 nitrogen and oxygen atoms in total. The Morgan fingerprint density at radius 1 is 1.04 bits per heavy atom. The second-order valence-electron chi connectivity index (χ2n) is 5.56. The normalized spacial score (nSPS) is 16.5. The van der Waals surface area contributed by atoms with E-state index in [0.717, 1.165) is 11.1 Å². The van der Waals surface area contributed by atoms with Crippen molar-refractivity contribution < 1.29 is 23.8 Å². The summed E-state index contributed by atoms with van der Waals surface area (Å²) in [6.45, 7) is 0. The van der Waals surface area contributed by atoms with Gasteiger partial charge in [-0.1, -0.05) is 36.4 Å². The van der Waals surface area contributed by atoms with Gasteiger partial charge < -0.3 is 14.2 Å². The lowest BCUT2D eigenvalue weighted by Crippen LogP contribution is -2.17. The first-order valence-electron chi connectivity index (χ1n) is 7.90. The molecule has 0 fully saturated rings. The molecule has 128 valence electrons. The summed E-state index contributed by atoms with van der Waals surface area (Å²) >= 11 is 0. The molecular formula is C20H18O5. The number of hydrogen-bond donors (Lipinski definition) is 0. The smallest absolute Gasteiger partial charge is 0.339 e. The van der Waals surface area contributed by atoms with Gasteiger partial charge in [-0.2, -0.15) is 0 Å². The predicted octanol–water partition coefficient (Wildman–Crippen LogP) is 3.30. The number of methoxy groups -OCH3 is 2. The van der Waals surface area contributed by atoms with Crippen LogP contribution in [0.15, 0.2) is 71.0 Å². The number of rotatable bonds is 3. The van der Waals surface area contributed by atoms with E-state index in [0.29, 0.717) is 24.2 Å². The zero-order valence-electron chi connectivity index (χ0n) is 14.1. The number of carbonyl (C=O) groups is 2. The number of esters is 2. The van der Waals surface area contributed by atoms with Crippen molar-refractivity contribution in [3.8, 4) is 0 Å². The number of fused-ring (bicyclic) bond motifs is 1. The van der Waals surface area contributed by atoms with Crippen LogP contribution in [0.4, 0.5) is 0 Å². The minimum atomic E-state index is -0.579. The molecule has 0 radical (unpaired) electrons. The summed E-state index contributed by atoms with van der Waals surface area (Å²) in [5, 5.41) is 0. The van der Waals surface area contributed by atoms with E-state index in [1.165, 1.54) is 14.2 Å². The van der Waals surface area contributed by atoms with Gasteiger partial charge in [0, 0.05) is 5.56 Å². The summed E-state index contributed by atoms with van der Waals surface area (Å²) in [4.78, 5) is 24.6. The molecular weight excluding hydrogens is 320 g/mol. The molecule has 0 saturated carbocycles. The van der Waals surface area contributed by atoms with Gasteiger partial charge >= 0.3 is 11.9 Å². The van der Waals surface area contributed by atoms with E-state index in [4.69, 9.17) is 14.2 Å². The highest BCUT2D eigenvalue weighted by molar-refractivity contribution is 6.08. The second-order valence-corrected chi connectivity index (χ2v) is 5.56. The summed E-state index contributed by atoms with van der Waals surface area (Å²) < 4.78 is 15.5. The van der Waals surface area contributed by atoms with E-state index >= 15 is 0 Å². The Balaban J connectivity index is 2.18. The molecule has 0 amide bonds. The maximum absolute atomic E-state index is 12.4. The number of allylic oxidation sites excluding steroid dienone is 4. The lowest BCUT2D eigenvalue weighted by molar-refractivity contribution is -0.139. The molecule has 25 heavy (non-hydrogen) atoms. The van der Waals surface area contributed by atoms with Crippen LogP contribution in [0.1, 0.15) is 18.4 Å². The van der Waals surface area contributed by atoms with Gasteiger partial charge in [0.05, 0.1) is 31.6 Å². The van der Waals surface area contributed by atoms with E-state index in [9.17, 15) is 9.59 Å². The number of benzene rings is 1. The van der Waals surface area contributed by atoms with Gasteiger partial charge in [0.25, 0.3) is 0 Å². The highest BCUT2D eigenvalue weighted by atomic mass is 16.5. The SMILES string of the molecule is COC(=O)C1=CCCC2=COC(c3ccccc3)=CC2=C1C(=O)OC. The molecule has 0 atom stereocenters. The van der Waals surface area contributed by atoms with Crippen molar-refractivity contribution in [1.82, 2.24) is 0 Å². The van der Waals surface area contributed by atoms with Crippen LogP contribution >= 0.6 is 0 Å².